The van der Waals surface area contributed by atoms with Gasteiger partial charge in [0.15, 0.2) is 0 Å². The van der Waals surface area contributed by atoms with Crippen molar-refractivity contribution in [3.05, 3.63) is 22.7 Å². The SMILES string of the molecule is CSC1CCCCC1NS(=O)(=O)c1ccc(Br)c(N)c1. The zero-order valence-corrected chi connectivity index (χ0v) is 14.5. The summed E-state index contributed by atoms with van der Waals surface area (Å²) in [6.07, 6.45) is 6.25. The molecule has 3 N–H and O–H groups in total. The number of nitrogen functional groups attached to an aromatic ring is 1. The summed E-state index contributed by atoms with van der Waals surface area (Å²) in [5.41, 5.74) is 6.19. The van der Waals surface area contributed by atoms with E-state index in [2.05, 4.69) is 20.7 Å². The Balaban J connectivity index is 2.19. The minimum atomic E-state index is -3.51. The molecular weight excluding hydrogens is 360 g/mol. The Bertz CT molecular complexity index is 578. The molecule has 1 saturated carbocycles. The number of hydrogen-bond acceptors (Lipinski definition) is 4. The largest absolute Gasteiger partial charge is 0.398 e. The molecule has 2 rings (SSSR count). The molecule has 0 aliphatic heterocycles. The molecule has 0 aromatic heterocycles. The highest BCUT2D eigenvalue weighted by molar-refractivity contribution is 9.10. The molecule has 2 atom stereocenters. The van der Waals surface area contributed by atoms with E-state index in [-0.39, 0.29) is 10.9 Å². The molecule has 1 aromatic rings. The van der Waals surface area contributed by atoms with Gasteiger partial charge in [-0.2, -0.15) is 11.8 Å². The molecule has 112 valence electrons. The zero-order chi connectivity index (χ0) is 14.8. The smallest absolute Gasteiger partial charge is 0.240 e. The zero-order valence-electron chi connectivity index (χ0n) is 11.3. The van der Waals surface area contributed by atoms with Crippen LogP contribution in [0.5, 0.6) is 0 Å². The summed E-state index contributed by atoms with van der Waals surface area (Å²) in [5, 5.41) is 0.353. The lowest BCUT2D eigenvalue weighted by Gasteiger charge is -2.30. The van der Waals surface area contributed by atoms with Crippen LogP contribution < -0.4 is 10.5 Å². The Kier molecular flexibility index (Phi) is 5.39. The van der Waals surface area contributed by atoms with Crippen LogP contribution in [0.4, 0.5) is 5.69 Å². The maximum Gasteiger partial charge on any atom is 0.240 e. The minimum Gasteiger partial charge on any atom is -0.398 e. The van der Waals surface area contributed by atoms with Crippen LogP contribution in [0, 0.1) is 0 Å². The predicted molar refractivity (Wildman–Crippen MR) is 88.4 cm³/mol. The second kappa shape index (κ2) is 6.68. The van der Waals surface area contributed by atoms with Crippen molar-refractivity contribution in [2.24, 2.45) is 0 Å². The van der Waals surface area contributed by atoms with E-state index in [1.807, 2.05) is 6.26 Å². The summed E-state index contributed by atoms with van der Waals surface area (Å²) in [7, 11) is -3.51. The lowest BCUT2D eigenvalue weighted by molar-refractivity contribution is 0.423. The first-order valence-corrected chi connectivity index (χ1v) is 10.1. The Hall–Kier alpha value is -0.240. The van der Waals surface area contributed by atoms with Gasteiger partial charge in [-0.25, -0.2) is 13.1 Å². The molecule has 0 heterocycles. The first-order valence-electron chi connectivity index (χ1n) is 6.54. The predicted octanol–water partition coefficient (Wildman–Crippen LogP) is 2.98. The molecular formula is C13H19BrN2O2S2. The topological polar surface area (TPSA) is 72.2 Å². The summed E-state index contributed by atoms with van der Waals surface area (Å²) < 4.78 is 28.4. The number of nitrogens with one attached hydrogen (secondary N) is 1. The van der Waals surface area contributed by atoms with Gasteiger partial charge in [-0.1, -0.05) is 12.8 Å². The summed E-state index contributed by atoms with van der Waals surface area (Å²) in [4.78, 5) is 0.226. The fraction of sp³-hybridized carbons (Fsp3) is 0.538. The number of thioether (sulfide) groups is 1. The van der Waals surface area contributed by atoms with Crippen LogP contribution in [0.25, 0.3) is 0 Å². The first-order chi connectivity index (χ1) is 9.44. The first kappa shape index (κ1) is 16.1. The average molecular weight is 379 g/mol. The lowest BCUT2D eigenvalue weighted by atomic mass is 9.96. The van der Waals surface area contributed by atoms with Crippen LogP contribution >= 0.6 is 27.7 Å². The second-order valence-corrected chi connectivity index (χ2v) is 8.61. The van der Waals surface area contributed by atoms with Gasteiger partial charge in [-0.3, -0.25) is 0 Å². The number of sulfonamides is 1. The standard InChI is InChI=1S/C13H19BrN2O2S2/c1-19-13-5-3-2-4-12(13)16-20(17,18)9-6-7-10(14)11(15)8-9/h6-8,12-13,16H,2-5,15H2,1H3. The fourth-order valence-corrected chi connectivity index (χ4v) is 5.08. The molecule has 1 aliphatic carbocycles. The van der Waals surface area contributed by atoms with Crippen LogP contribution in [-0.4, -0.2) is 26.0 Å². The van der Waals surface area contributed by atoms with Gasteiger partial charge in [0.2, 0.25) is 10.0 Å². The number of hydrogen-bond donors (Lipinski definition) is 2. The third-order valence-corrected chi connectivity index (χ3v) is 6.97. The third-order valence-electron chi connectivity index (χ3n) is 3.59. The van der Waals surface area contributed by atoms with Gasteiger partial charge in [0.25, 0.3) is 0 Å². The monoisotopic (exact) mass is 378 g/mol. The normalized spacial score (nSPS) is 23.7. The number of halogens is 1. The minimum absolute atomic E-state index is 0.00798. The van der Waals surface area contributed by atoms with Gasteiger partial charge >= 0.3 is 0 Å². The van der Waals surface area contributed by atoms with E-state index in [1.54, 1.807) is 23.9 Å². The van der Waals surface area contributed by atoms with E-state index in [0.717, 1.165) is 19.3 Å². The van der Waals surface area contributed by atoms with Crippen LogP contribution in [0.2, 0.25) is 0 Å². The van der Waals surface area contributed by atoms with Crippen LogP contribution in [0.15, 0.2) is 27.6 Å². The average Bonchev–Trinajstić information content (AvgIpc) is 2.42. The molecule has 0 spiro atoms. The molecule has 0 radical (unpaired) electrons. The molecule has 2 unspecified atom stereocenters. The van der Waals surface area contributed by atoms with Crippen molar-refractivity contribution < 1.29 is 8.42 Å². The van der Waals surface area contributed by atoms with E-state index in [4.69, 9.17) is 5.73 Å². The van der Waals surface area contributed by atoms with Crippen molar-refractivity contribution >= 4 is 43.4 Å². The van der Waals surface area contributed by atoms with Crippen molar-refractivity contribution in [1.82, 2.24) is 4.72 Å². The van der Waals surface area contributed by atoms with Crippen molar-refractivity contribution in [3.63, 3.8) is 0 Å². The van der Waals surface area contributed by atoms with Gasteiger partial charge in [0.05, 0.1) is 4.90 Å². The maximum atomic E-state index is 12.4. The molecule has 0 amide bonds. The van der Waals surface area contributed by atoms with Crippen LogP contribution in [-0.2, 0) is 10.0 Å². The van der Waals surface area contributed by atoms with Gasteiger partial charge in [-0.05, 0) is 53.2 Å². The summed E-state index contributed by atoms with van der Waals surface area (Å²) >= 11 is 5.01. The quantitative estimate of drug-likeness (QED) is 0.789. The molecule has 7 heteroatoms. The number of benzene rings is 1. The maximum absolute atomic E-state index is 12.4. The fourth-order valence-electron chi connectivity index (χ4n) is 2.47. The van der Waals surface area contributed by atoms with Crippen molar-refractivity contribution in [2.75, 3.05) is 12.0 Å². The third kappa shape index (κ3) is 3.69. The summed E-state index contributed by atoms with van der Waals surface area (Å²) in [5.74, 6) is 0. The van der Waals surface area contributed by atoms with Crippen molar-refractivity contribution in [2.45, 2.75) is 41.9 Å². The van der Waals surface area contributed by atoms with Crippen LogP contribution in [0.3, 0.4) is 0 Å². The molecule has 1 fully saturated rings. The van der Waals surface area contributed by atoms with E-state index >= 15 is 0 Å². The Labute approximate surface area is 133 Å². The molecule has 1 aromatic carbocycles. The van der Waals surface area contributed by atoms with Gasteiger partial charge in [-0.15, -0.1) is 0 Å². The Morgan fingerprint density at radius 2 is 2.05 bits per heavy atom. The van der Waals surface area contributed by atoms with Crippen molar-refractivity contribution in [1.29, 1.82) is 0 Å². The molecule has 1 aliphatic rings. The van der Waals surface area contributed by atoms with E-state index in [1.165, 1.54) is 12.5 Å². The highest BCUT2D eigenvalue weighted by Gasteiger charge is 2.29. The number of anilines is 1. The van der Waals surface area contributed by atoms with Crippen LogP contribution in [0.1, 0.15) is 25.7 Å². The Morgan fingerprint density at radius 1 is 1.35 bits per heavy atom. The summed E-state index contributed by atoms with van der Waals surface area (Å²) in [6.45, 7) is 0. The molecule has 0 bridgehead atoms. The summed E-state index contributed by atoms with van der Waals surface area (Å²) in [6, 6.07) is 4.73. The van der Waals surface area contributed by atoms with E-state index in [0.29, 0.717) is 15.4 Å². The number of nitrogens with two attached hydrogens (primary N) is 1. The van der Waals surface area contributed by atoms with E-state index < -0.39 is 10.0 Å². The van der Waals surface area contributed by atoms with Gasteiger partial charge in [0, 0.05) is 21.5 Å². The molecule has 4 nitrogen and oxygen atoms in total. The number of rotatable bonds is 4. The van der Waals surface area contributed by atoms with Gasteiger partial charge < -0.3 is 5.73 Å². The molecule has 0 saturated heterocycles. The van der Waals surface area contributed by atoms with Gasteiger partial charge in [0.1, 0.15) is 0 Å². The molecule has 20 heavy (non-hydrogen) atoms. The second-order valence-electron chi connectivity index (χ2n) is 4.97. The Morgan fingerprint density at radius 3 is 2.70 bits per heavy atom. The van der Waals surface area contributed by atoms with E-state index in [9.17, 15) is 8.42 Å². The lowest BCUT2D eigenvalue weighted by Crippen LogP contribution is -2.43. The highest BCUT2D eigenvalue weighted by atomic mass is 79.9. The van der Waals surface area contributed by atoms with Crippen molar-refractivity contribution in [3.8, 4) is 0 Å². The highest BCUT2D eigenvalue weighted by Crippen LogP contribution is 2.29.